The first kappa shape index (κ1) is 14.8. The quantitative estimate of drug-likeness (QED) is 0.630. The SMILES string of the molecule is O=C(Nc1cccnc1Cl)c1cc2c(s1)-c1ccccc1SC2. The van der Waals surface area contributed by atoms with E-state index >= 15 is 0 Å². The third kappa shape index (κ3) is 2.76. The second kappa shape index (κ2) is 6.00. The number of aromatic nitrogens is 1. The summed E-state index contributed by atoms with van der Waals surface area (Å²) in [5, 5.41) is 3.12. The number of carbonyl (C=O) groups is 1. The predicted molar refractivity (Wildman–Crippen MR) is 96.5 cm³/mol. The van der Waals surface area contributed by atoms with Crippen LogP contribution in [0.25, 0.3) is 10.4 Å². The molecule has 114 valence electrons. The van der Waals surface area contributed by atoms with Gasteiger partial charge in [0, 0.05) is 27.3 Å². The molecule has 0 atom stereocenters. The molecule has 0 spiro atoms. The van der Waals surface area contributed by atoms with Gasteiger partial charge in [0.05, 0.1) is 10.6 Å². The van der Waals surface area contributed by atoms with E-state index in [2.05, 4.69) is 22.4 Å². The van der Waals surface area contributed by atoms with E-state index in [-0.39, 0.29) is 5.91 Å². The molecule has 3 aromatic rings. The molecular weight excluding hydrogens is 348 g/mol. The van der Waals surface area contributed by atoms with Gasteiger partial charge in [0.1, 0.15) is 0 Å². The Labute approximate surface area is 146 Å². The number of benzene rings is 1. The molecule has 0 aliphatic carbocycles. The highest BCUT2D eigenvalue weighted by Gasteiger charge is 2.22. The van der Waals surface area contributed by atoms with Crippen molar-refractivity contribution in [1.82, 2.24) is 4.98 Å². The second-order valence-corrected chi connectivity index (χ2v) is 7.47. The van der Waals surface area contributed by atoms with Crippen molar-refractivity contribution < 1.29 is 4.79 Å². The number of thiophene rings is 1. The number of rotatable bonds is 2. The number of pyridine rings is 1. The summed E-state index contributed by atoms with van der Waals surface area (Å²) in [7, 11) is 0. The Balaban J connectivity index is 1.66. The first-order chi connectivity index (χ1) is 11.2. The van der Waals surface area contributed by atoms with Crippen molar-refractivity contribution in [2.75, 3.05) is 5.32 Å². The summed E-state index contributed by atoms with van der Waals surface area (Å²) in [4.78, 5) is 19.6. The van der Waals surface area contributed by atoms with Crippen LogP contribution in [-0.2, 0) is 5.75 Å². The average Bonchev–Trinajstić information content (AvgIpc) is 3.02. The maximum absolute atomic E-state index is 12.5. The van der Waals surface area contributed by atoms with Crippen molar-refractivity contribution in [2.45, 2.75) is 10.6 Å². The molecule has 0 saturated carbocycles. The number of hydrogen-bond acceptors (Lipinski definition) is 4. The van der Waals surface area contributed by atoms with Crippen LogP contribution in [0.3, 0.4) is 0 Å². The minimum Gasteiger partial charge on any atom is -0.319 e. The highest BCUT2D eigenvalue weighted by atomic mass is 35.5. The molecule has 0 saturated heterocycles. The van der Waals surface area contributed by atoms with Crippen LogP contribution in [-0.4, -0.2) is 10.9 Å². The van der Waals surface area contributed by atoms with Gasteiger partial charge < -0.3 is 5.32 Å². The van der Waals surface area contributed by atoms with Crippen molar-refractivity contribution in [2.24, 2.45) is 0 Å². The Morgan fingerprint density at radius 3 is 2.96 bits per heavy atom. The summed E-state index contributed by atoms with van der Waals surface area (Å²) in [6.45, 7) is 0. The van der Waals surface area contributed by atoms with E-state index in [0.29, 0.717) is 15.7 Å². The summed E-state index contributed by atoms with van der Waals surface area (Å²) >= 11 is 9.33. The molecule has 1 N–H and O–H groups in total. The number of anilines is 1. The first-order valence-electron chi connectivity index (χ1n) is 6.99. The van der Waals surface area contributed by atoms with Crippen LogP contribution >= 0.6 is 34.7 Å². The lowest BCUT2D eigenvalue weighted by molar-refractivity contribution is 0.103. The van der Waals surface area contributed by atoms with E-state index in [1.165, 1.54) is 32.2 Å². The van der Waals surface area contributed by atoms with Crippen LogP contribution in [0.4, 0.5) is 5.69 Å². The van der Waals surface area contributed by atoms with Gasteiger partial charge in [-0.2, -0.15) is 0 Å². The monoisotopic (exact) mass is 358 g/mol. The Kier molecular flexibility index (Phi) is 3.85. The van der Waals surface area contributed by atoms with E-state index in [1.54, 1.807) is 30.1 Å². The number of amides is 1. The number of nitrogens with one attached hydrogen (secondary N) is 1. The summed E-state index contributed by atoms with van der Waals surface area (Å²) in [5.41, 5.74) is 2.95. The third-order valence-corrected chi connectivity index (χ3v) is 6.19. The van der Waals surface area contributed by atoms with Gasteiger partial charge >= 0.3 is 0 Å². The summed E-state index contributed by atoms with van der Waals surface area (Å²) < 4.78 is 0. The van der Waals surface area contributed by atoms with Crippen LogP contribution in [0.15, 0.2) is 53.6 Å². The van der Waals surface area contributed by atoms with Gasteiger partial charge in [0.25, 0.3) is 5.91 Å². The van der Waals surface area contributed by atoms with Gasteiger partial charge in [-0.15, -0.1) is 23.1 Å². The average molecular weight is 359 g/mol. The summed E-state index contributed by atoms with van der Waals surface area (Å²) in [6.07, 6.45) is 1.59. The molecule has 3 nitrogen and oxygen atoms in total. The fourth-order valence-corrected chi connectivity index (χ4v) is 4.95. The predicted octanol–water partition coefficient (Wildman–Crippen LogP) is 5.32. The molecule has 1 aromatic carbocycles. The number of thioether (sulfide) groups is 1. The number of fused-ring (bicyclic) bond motifs is 3. The molecule has 2 aromatic heterocycles. The van der Waals surface area contributed by atoms with E-state index in [1.807, 2.05) is 18.2 Å². The van der Waals surface area contributed by atoms with Crippen LogP contribution in [0, 0.1) is 0 Å². The van der Waals surface area contributed by atoms with E-state index in [0.717, 1.165) is 5.75 Å². The van der Waals surface area contributed by atoms with Crippen LogP contribution in [0.1, 0.15) is 15.2 Å². The van der Waals surface area contributed by atoms with Crippen molar-refractivity contribution in [3.63, 3.8) is 0 Å². The zero-order valence-corrected chi connectivity index (χ0v) is 14.3. The van der Waals surface area contributed by atoms with Crippen LogP contribution < -0.4 is 5.32 Å². The molecule has 0 radical (unpaired) electrons. The van der Waals surface area contributed by atoms with Gasteiger partial charge in [0.2, 0.25) is 0 Å². The Hall–Kier alpha value is -1.82. The van der Waals surface area contributed by atoms with Gasteiger partial charge in [-0.25, -0.2) is 4.98 Å². The zero-order valence-electron chi connectivity index (χ0n) is 11.9. The van der Waals surface area contributed by atoms with E-state index in [9.17, 15) is 4.79 Å². The molecule has 0 fully saturated rings. The molecule has 1 amide bonds. The smallest absolute Gasteiger partial charge is 0.265 e. The maximum atomic E-state index is 12.5. The molecule has 1 aliphatic heterocycles. The highest BCUT2D eigenvalue weighted by Crippen LogP contribution is 2.45. The summed E-state index contributed by atoms with van der Waals surface area (Å²) in [5.74, 6) is 0.742. The van der Waals surface area contributed by atoms with Crippen LogP contribution in [0.5, 0.6) is 0 Å². The Bertz CT molecular complexity index is 907. The molecular formula is C17H11ClN2OS2. The van der Waals surface area contributed by atoms with Crippen molar-refractivity contribution in [3.8, 4) is 10.4 Å². The van der Waals surface area contributed by atoms with Gasteiger partial charge in [0.15, 0.2) is 5.15 Å². The fourth-order valence-electron chi connectivity index (χ4n) is 2.47. The Morgan fingerprint density at radius 2 is 2.09 bits per heavy atom. The molecule has 23 heavy (non-hydrogen) atoms. The van der Waals surface area contributed by atoms with Gasteiger partial charge in [-0.3, -0.25) is 4.79 Å². The number of halogens is 1. The number of carbonyl (C=O) groups excluding carboxylic acids is 1. The number of nitrogens with zero attached hydrogens (tertiary/aromatic N) is 1. The second-order valence-electron chi connectivity index (χ2n) is 5.05. The Morgan fingerprint density at radius 1 is 1.22 bits per heavy atom. The first-order valence-corrected chi connectivity index (χ1v) is 9.17. The van der Waals surface area contributed by atoms with Gasteiger partial charge in [-0.05, 0) is 29.8 Å². The van der Waals surface area contributed by atoms with Crippen molar-refractivity contribution >= 4 is 46.3 Å². The fraction of sp³-hybridized carbons (Fsp3) is 0.0588. The molecule has 1 aliphatic rings. The largest absolute Gasteiger partial charge is 0.319 e. The molecule has 0 unspecified atom stereocenters. The maximum Gasteiger partial charge on any atom is 0.265 e. The third-order valence-electron chi connectivity index (χ3n) is 3.55. The van der Waals surface area contributed by atoms with E-state index in [4.69, 9.17) is 11.6 Å². The molecule has 6 heteroatoms. The highest BCUT2D eigenvalue weighted by molar-refractivity contribution is 7.98. The van der Waals surface area contributed by atoms with Crippen LogP contribution in [0.2, 0.25) is 5.15 Å². The lowest BCUT2D eigenvalue weighted by Gasteiger charge is -2.14. The van der Waals surface area contributed by atoms with Crippen molar-refractivity contribution in [3.05, 3.63) is 64.3 Å². The van der Waals surface area contributed by atoms with Gasteiger partial charge in [-0.1, -0.05) is 29.8 Å². The summed E-state index contributed by atoms with van der Waals surface area (Å²) in [6, 6.07) is 13.8. The molecule has 0 bridgehead atoms. The van der Waals surface area contributed by atoms with Crippen molar-refractivity contribution in [1.29, 1.82) is 0 Å². The van der Waals surface area contributed by atoms with E-state index < -0.39 is 0 Å². The lowest BCUT2D eigenvalue weighted by atomic mass is 10.1. The normalized spacial score (nSPS) is 12.4. The number of hydrogen-bond donors (Lipinski definition) is 1. The topological polar surface area (TPSA) is 42.0 Å². The minimum absolute atomic E-state index is 0.151. The standard InChI is InChI=1S/C17H11ClN2OS2/c18-16-12(5-3-7-19-16)20-17(21)14-8-10-9-22-13-6-2-1-4-11(13)15(10)23-14/h1-8H,9H2,(H,20,21). The minimum atomic E-state index is -0.151. The molecule has 3 heterocycles. The molecule has 4 rings (SSSR count). The lowest BCUT2D eigenvalue weighted by Crippen LogP contribution is -2.10. The zero-order chi connectivity index (χ0) is 15.8.